The minimum atomic E-state index is 0.935. The monoisotopic (exact) mass is 212 g/mol. The summed E-state index contributed by atoms with van der Waals surface area (Å²) in [4.78, 5) is 0. The first-order valence-corrected chi connectivity index (χ1v) is 5.03. The summed E-state index contributed by atoms with van der Waals surface area (Å²) in [5, 5.41) is 1.14. The molecule has 0 aliphatic carbocycles. The van der Waals surface area contributed by atoms with Crippen molar-refractivity contribution in [3.63, 3.8) is 0 Å². The first-order valence-electron chi connectivity index (χ1n) is 5.03. The van der Waals surface area contributed by atoms with Crippen LogP contribution in [0.1, 0.15) is 0 Å². The minimum Gasteiger partial charge on any atom is -0.224 e. The molecule has 3 rings (SSSR count). The van der Waals surface area contributed by atoms with E-state index in [2.05, 4.69) is 4.42 Å². The number of fused-ring (bicyclic) bond motifs is 1. The molecule has 0 spiro atoms. The third-order valence-corrected chi connectivity index (χ3v) is 2.00. The molecule has 0 atom stereocenters. The Bertz CT molecular complexity index is 443. The van der Waals surface area contributed by atoms with E-state index in [1.807, 2.05) is 54.6 Å². The third kappa shape index (κ3) is 2.89. The molecular weight excluding hydrogens is 200 g/mol. The predicted molar refractivity (Wildman–Crippen MR) is 63.7 cm³/mol. The molecule has 16 heavy (non-hydrogen) atoms. The minimum absolute atomic E-state index is 0.935. The van der Waals surface area contributed by atoms with Crippen LogP contribution in [0, 0.1) is 0 Å². The van der Waals surface area contributed by atoms with Crippen LogP contribution < -0.4 is 0 Å². The van der Waals surface area contributed by atoms with Crippen molar-refractivity contribution in [2.24, 2.45) is 0 Å². The molecule has 0 saturated carbocycles. The smallest absolute Gasteiger partial charge is 0.224 e. The molecular formula is C14H12O2+2. The quantitative estimate of drug-likeness (QED) is 0.519. The number of benzene rings is 1. The highest BCUT2D eigenvalue weighted by Crippen LogP contribution is 2.11. The van der Waals surface area contributed by atoms with Gasteiger partial charge in [0.05, 0.1) is 5.39 Å². The molecule has 0 saturated heterocycles. The van der Waals surface area contributed by atoms with Crippen molar-refractivity contribution in [2.45, 2.75) is 0 Å². The van der Waals surface area contributed by atoms with E-state index in [1.165, 1.54) is 0 Å². The summed E-state index contributed by atoms with van der Waals surface area (Å²) in [6.45, 7) is 0. The van der Waals surface area contributed by atoms with Gasteiger partial charge in [-0.25, -0.2) is 8.83 Å². The van der Waals surface area contributed by atoms with Crippen LogP contribution in [0.3, 0.4) is 0 Å². The second-order valence-corrected chi connectivity index (χ2v) is 3.14. The molecule has 0 aliphatic rings. The zero-order chi connectivity index (χ0) is 11.1. The van der Waals surface area contributed by atoms with Gasteiger partial charge < -0.3 is 0 Å². The fraction of sp³-hybridized carbons (Fsp3) is 0. The lowest BCUT2D eigenvalue weighted by Gasteiger charge is -1.81. The van der Waals surface area contributed by atoms with Crippen LogP contribution in [0.5, 0.6) is 0 Å². The van der Waals surface area contributed by atoms with Crippen molar-refractivity contribution in [1.29, 1.82) is 0 Å². The van der Waals surface area contributed by atoms with E-state index in [9.17, 15) is 0 Å². The summed E-state index contributed by atoms with van der Waals surface area (Å²) in [5.74, 6) is 0. The Morgan fingerprint density at radius 1 is 0.625 bits per heavy atom. The molecule has 78 valence electrons. The SMILES string of the molecule is c1cc[o+]cc1.c1ccc2[o+]cccc2c1. The van der Waals surface area contributed by atoms with Crippen LogP contribution >= 0.6 is 0 Å². The highest BCUT2D eigenvalue weighted by molar-refractivity contribution is 5.75. The number of para-hydroxylation sites is 1. The van der Waals surface area contributed by atoms with Gasteiger partial charge in [0.15, 0.2) is 0 Å². The Morgan fingerprint density at radius 2 is 1.38 bits per heavy atom. The lowest BCUT2D eigenvalue weighted by molar-refractivity contribution is 0.550. The maximum Gasteiger partial charge on any atom is 0.359 e. The van der Waals surface area contributed by atoms with E-state index in [0.29, 0.717) is 0 Å². The van der Waals surface area contributed by atoms with Gasteiger partial charge in [0.1, 0.15) is 0 Å². The van der Waals surface area contributed by atoms with E-state index in [1.54, 1.807) is 18.8 Å². The number of hydrogen-bond donors (Lipinski definition) is 0. The van der Waals surface area contributed by atoms with Gasteiger partial charge in [-0.15, -0.1) is 0 Å². The average molecular weight is 212 g/mol. The van der Waals surface area contributed by atoms with Crippen LogP contribution in [0.2, 0.25) is 0 Å². The molecule has 2 heterocycles. The predicted octanol–water partition coefficient (Wildman–Crippen LogP) is 4.27. The second-order valence-electron chi connectivity index (χ2n) is 3.14. The van der Waals surface area contributed by atoms with Crippen molar-refractivity contribution >= 4 is 11.0 Å². The molecule has 0 fully saturated rings. The first kappa shape index (κ1) is 10.3. The lowest BCUT2D eigenvalue weighted by atomic mass is 10.2. The van der Waals surface area contributed by atoms with Crippen LogP contribution in [0.15, 0.2) is 82.2 Å². The van der Waals surface area contributed by atoms with E-state index in [0.717, 1.165) is 11.0 Å². The van der Waals surface area contributed by atoms with Gasteiger partial charge >= 0.3 is 24.4 Å². The molecule has 1 aromatic carbocycles. The molecule has 0 aliphatic heterocycles. The van der Waals surface area contributed by atoms with E-state index < -0.39 is 0 Å². The Hall–Kier alpha value is -2.22. The normalized spacial score (nSPS) is 9.25. The molecule has 0 amide bonds. The highest BCUT2D eigenvalue weighted by atomic mass is 16.3. The van der Waals surface area contributed by atoms with E-state index in [4.69, 9.17) is 4.42 Å². The van der Waals surface area contributed by atoms with E-state index in [-0.39, 0.29) is 0 Å². The second kappa shape index (κ2) is 5.61. The van der Waals surface area contributed by atoms with E-state index >= 15 is 0 Å². The molecule has 0 unspecified atom stereocenters. The van der Waals surface area contributed by atoms with Gasteiger partial charge in [-0.05, 0) is 18.2 Å². The zero-order valence-electron chi connectivity index (χ0n) is 8.74. The Balaban J connectivity index is 0.000000138. The largest absolute Gasteiger partial charge is 0.359 e. The van der Waals surface area contributed by atoms with Gasteiger partial charge in [0, 0.05) is 24.3 Å². The molecule has 3 aromatic rings. The number of rotatable bonds is 0. The van der Waals surface area contributed by atoms with Crippen molar-refractivity contribution in [2.75, 3.05) is 0 Å². The van der Waals surface area contributed by atoms with Gasteiger partial charge in [-0.1, -0.05) is 12.1 Å². The van der Waals surface area contributed by atoms with Gasteiger partial charge in [-0.2, -0.15) is 0 Å². The summed E-state index contributed by atoms with van der Waals surface area (Å²) in [6.07, 6.45) is 4.93. The van der Waals surface area contributed by atoms with Crippen LogP contribution in [-0.2, 0) is 0 Å². The van der Waals surface area contributed by atoms with Crippen LogP contribution in [0.4, 0.5) is 0 Å². The molecule has 0 radical (unpaired) electrons. The van der Waals surface area contributed by atoms with Crippen LogP contribution in [0.25, 0.3) is 11.0 Å². The molecule has 0 bridgehead atoms. The van der Waals surface area contributed by atoms with Crippen molar-refractivity contribution in [3.8, 4) is 0 Å². The molecule has 2 heteroatoms. The fourth-order valence-corrected chi connectivity index (χ4v) is 1.27. The van der Waals surface area contributed by atoms with Gasteiger partial charge in [0.25, 0.3) is 0 Å². The zero-order valence-corrected chi connectivity index (χ0v) is 8.74. The highest BCUT2D eigenvalue weighted by Gasteiger charge is 1.99. The van der Waals surface area contributed by atoms with Crippen molar-refractivity contribution < 1.29 is 8.83 Å². The van der Waals surface area contributed by atoms with Crippen molar-refractivity contribution in [1.82, 2.24) is 0 Å². The standard InChI is InChI=1S/C9H7O.C5H5O/c1-2-6-9-8(4-1)5-3-7-10-9;1-2-4-6-5-3-1/h1-7H;1-5H/q2*+1. The molecule has 2 nitrogen and oxygen atoms in total. The Labute approximate surface area is 93.8 Å². The Morgan fingerprint density at radius 3 is 2.00 bits per heavy atom. The summed E-state index contributed by atoms with van der Waals surface area (Å²) in [7, 11) is 0. The molecule has 0 N–H and O–H groups in total. The topological polar surface area (TPSA) is 22.6 Å². The van der Waals surface area contributed by atoms with Gasteiger partial charge in [0.2, 0.25) is 0 Å². The van der Waals surface area contributed by atoms with Crippen molar-refractivity contribution in [3.05, 3.63) is 73.4 Å². The average Bonchev–Trinajstić information content (AvgIpc) is 2.42. The lowest BCUT2D eigenvalue weighted by Crippen LogP contribution is -1.67. The number of hydrogen-bond acceptors (Lipinski definition) is 0. The third-order valence-electron chi connectivity index (χ3n) is 2.00. The maximum absolute atomic E-state index is 5.21. The summed E-state index contributed by atoms with van der Waals surface area (Å²) < 4.78 is 9.89. The fourth-order valence-electron chi connectivity index (χ4n) is 1.27. The maximum atomic E-state index is 5.21. The van der Waals surface area contributed by atoms with Gasteiger partial charge in [-0.3, -0.25) is 0 Å². The molecule has 2 aromatic heterocycles. The van der Waals surface area contributed by atoms with Crippen LogP contribution in [-0.4, -0.2) is 0 Å². The summed E-state index contributed by atoms with van der Waals surface area (Å²) in [6, 6.07) is 17.4. The first-order chi connectivity index (χ1) is 7.97. The Kier molecular flexibility index (Phi) is 3.61. The summed E-state index contributed by atoms with van der Waals surface area (Å²) >= 11 is 0. The summed E-state index contributed by atoms with van der Waals surface area (Å²) in [5.41, 5.74) is 0.935.